The van der Waals surface area contributed by atoms with Crippen LogP contribution in [0.25, 0.3) is 0 Å². The van der Waals surface area contributed by atoms with Crippen LogP contribution in [0.1, 0.15) is 129 Å². The Bertz CT molecular complexity index is 415. The van der Waals surface area contributed by atoms with Gasteiger partial charge in [0.15, 0.2) is 0 Å². The quantitative estimate of drug-likeness (QED) is 0.183. The third kappa shape index (κ3) is 20.2. The first-order valence-corrected chi connectivity index (χ1v) is 13.0. The number of hydrogen-bond donors (Lipinski definition) is 1. The Hall–Kier alpha value is 0.870. The summed E-state index contributed by atoms with van der Waals surface area (Å²) in [5, 5.41) is 8.50. The van der Waals surface area contributed by atoms with Crippen LogP contribution in [0.3, 0.4) is 0 Å². The van der Waals surface area contributed by atoms with Gasteiger partial charge >= 0.3 is 29.6 Å². The van der Waals surface area contributed by atoms with Gasteiger partial charge in [-0.15, -0.1) is 0 Å². The van der Waals surface area contributed by atoms with E-state index in [0.29, 0.717) is 6.42 Å². The predicted molar refractivity (Wildman–Crippen MR) is 114 cm³/mol. The Morgan fingerprint density at radius 3 is 1.25 bits per heavy atom. The van der Waals surface area contributed by atoms with Gasteiger partial charge in [-0.3, -0.25) is 0 Å². The van der Waals surface area contributed by atoms with Crippen molar-refractivity contribution in [2.75, 3.05) is 0 Å². The standard InChI is InChI=1S/C22H46O4S.Na/c1-3-4-5-6-7-8-9-10-11-12-13-14-15-16-17-18-19-20-22(23)21(2)27(24,25)26;/h21-23H,3-20H2,1-2H3,(H,24,25,26);/q;+1/p-1. The first kappa shape index (κ1) is 31.1. The van der Waals surface area contributed by atoms with E-state index in [1.807, 2.05) is 0 Å². The molecular formula is C22H45NaO4S. The SMILES string of the molecule is CCCCCCCCCCCCCCCCCCCC(O)C(C)S(=O)(=O)[O-].[Na+]. The minimum Gasteiger partial charge on any atom is -0.748 e. The third-order valence-electron chi connectivity index (χ3n) is 5.60. The topological polar surface area (TPSA) is 77.4 Å². The first-order chi connectivity index (χ1) is 12.9. The second-order valence-corrected chi connectivity index (χ2v) is 9.94. The molecule has 2 atom stereocenters. The van der Waals surface area contributed by atoms with Crippen molar-refractivity contribution < 1.29 is 47.6 Å². The maximum Gasteiger partial charge on any atom is 1.00 e. The van der Waals surface area contributed by atoms with Crippen LogP contribution >= 0.6 is 0 Å². The molecule has 2 unspecified atom stereocenters. The molecule has 0 saturated carbocycles. The molecule has 0 aliphatic heterocycles. The van der Waals surface area contributed by atoms with Crippen molar-refractivity contribution in [1.29, 1.82) is 0 Å². The Kier molecular flexibility index (Phi) is 23.4. The summed E-state index contributed by atoms with van der Waals surface area (Å²) in [5.74, 6) is 0. The van der Waals surface area contributed by atoms with Crippen LogP contribution < -0.4 is 29.6 Å². The molecule has 0 aliphatic rings. The van der Waals surface area contributed by atoms with Crippen LogP contribution in [0.15, 0.2) is 0 Å². The van der Waals surface area contributed by atoms with E-state index >= 15 is 0 Å². The zero-order chi connectivity index (χ0) is 20.4. The van der Waals surface area contributed by atoms with Gasteiger partial charge in [-0.2, -0.15) is 0 Å². The maximum atomic E-state index is 10.8. The van der Waals surface area contributed by atoms with E-state index in [-0.39, 0.29) is 29.6 Å². The Morgan fingerprint density at radius 1 is 0.679 bits per heavy atom. The Morgan fingerprint density at radius 2 is 0.964 bits per heavy atom. The summed E-state index contributed by atoms with van der Waals surface area (Å²) >= 11 is 0. The molecule has 0 spiro atoms. The van der Waals surface area contributed by atoms with Crippen LogP contribution in [-0.2, 0) is 10.1 Å². The fraction of sp³-hybridized carbons (Fsp3) is 1.00. The number of unbranched alkanes of at least 4 members (excludes halogenated alkanes) is 16. The number of aliphatic hydroxyl groups excluding tert-OH is 1. The summed E-state index contributed by atoms with van der Waals surface area (Å²) in [7, 11) is -4.38. The molecule has 0 rings (SSSR count). The molecule has 6 heteroatoms. The monoisotopic (exact) mass is 428 g/mol. The molecular weight excluding hydrogens is 383 g/mol. The summed E-state index contributed by atoms with van der Waals surface area (Å²) in [4.78, 5) is 0. The van der Waals surface area contributed by atoms with Gasteiger partial charge in [0.1, 0.15) is 0 Å². The molecule has 0 aromatic heterocycles. The molecule has 0 saturated heterocycles. The molecule has 0 amide bonds. The first-order valence-electron chi connectivity index (χ1n) is 11.5. The van der Waals surface area contributed by atoms with Crippen molar-refractivity contribution in [3.8, 4) is 0 Å². The maximum absolute atomic E-state index is 10.8. The fourth-order valence-corrected chi connectivity index (χ4v) is 4.03. The average molecular weight is 429 g/mol. The molecule has 0 bridgehead atoms. The fourth-order valence-electron chi connectivity index (χ4n) is 3.51. The van der Waals surface area contributed by atoms with Gasteiger partial charge in [0.2, 0.25) is 0 Å². The van der Waals surface area contributed by atoms with E-state index in [4.69, 9.17) is 0 Å². The summed E-state index contributed by atoms with van der Waals surface area (Å²) in [6.45, 7) is 3.56. The third-order valence-corrected chi connectivity index (χ3v) is 6.83. The van der Waals surface area contributed by atoms with E-state index < -0.39 is 21.5 Å². The van der Waals surface area contributed by atoms with Crippen molar-refractivity contribution in [3.05, 3.63) is 0 Å². The van der Waals surface area contributed by atoms with Crippen LogP contribution in [0.4, 0.5) is 0 Å². The van der Waals surface area contributed by atoms with E-state index in [9.17, 15) is 18.1 Å². The molecule has 0 fully saturated rings. The van der Waals surface area contributed by atoms with Gasteiger partial charge in [0.05, 0.1) is 21.5 Å². The smallest absolute Gasteiger partial charge is 0.748 e. The summed E-state index contributed by atoms with van der Waals surface area (Å²) in [6, 6.07) is 0. The van der Waals surface area contributed by atoms with Crippen molar-refractivity contribution in [2.24, 2.45) is 0 Å². The van der Waals surface area contributed by atoms with Crippen molar-refractivity contribution in [2.45, 2.75) is 141 Å². The predicted octanol–water partition coefficient (Wildman–Crippen LogP) is 3.33. The molecule has 0 heterocycles. The summed E-state index contributed by atoms with van der Waals surface area (Å²) < 4.78 is 32.5. The van der Waals surface area contributed by atoms with E-state index in [0.717, 1.165) is 19.3 Å². The molecule has 164 valence electrons. The average Bonchev–Trinajstić information content (AvgIpc) is 2.62. The second kappa shape index (κ2) is 21.1. The Balaban J connectivity index is 0. The molecule has 28 heavy (non-hydrogen) atoms. The summed E-state index contributed by atoms with van der Waals surface area (Å²) in [6.07, 6.45) is 21.4. The van der Waals surface area contributed by atoms with Crippen molar-refractivity contribution >= 4 is 10.1 Å². The molecule has 0 radical (unpaired) electrons. The van der Waals surface area contributed by atoms with E-state index in [1.165, 1.54) is 96.8 Å². The van der Waals surface area contributed by atoms with Crippen LogP contribution in [-0.4, -0.2) is 29.4 Å². The van der Waals surface area contributed by atoms with Crippen molar-refractivity contribution in [3.63, 3.8) is 0 Å². The Labute approximate surface area is 197 Å². The van der Waals surface area contributed by atoms with Crippen LogP contribution in [0.5, 0.6) is 0 Å². The second-order valence-electron chi connectivity index (χ2n) is 8.21. The van der Waals surface area contributed by atoms with Crippen LogP contribution in [0.2, 0.25) is 0 Å². The molecule has 0 aromatic rings. The minimum atomic E-state index is -4.38. The number of hydrogen-bond acceptors (Lipinski definition) is 4. The molecule has 0 aromatic carbocycles. The number of rotatable bonds is 20. The van der Waals surface area contributed by atoms with Gasteiger partial charge in [0, 0.05) is 0 Å². The van der Waals surface area contributed by atoms with Gasteiger partial charge < -0.3 is 9.66 Å². The number of aliphatic hydroxyl groups is 1. The molecule has 4 nitrogen and oxygen atoms in total. The van der Waals surface area contributed by atoms with Crippen molar-refractivity contribution in [1.82, 2.24) is 0 Å². The largest absolute Gasteiger partial charge is 1.00 e. The molecule has 1 N–H and O–H groups in total. The summed E-state index contributed by atoms with van der Waals surface area (Å²) in [5.41, 5.74) is 0. The van der Waals surface area contributed by atoms with E-state index in [1.54, 1.807) is 0 Å². The van der Waals surface area contributed by atoms with Crippen LogP contribution in [0, 0.1) is 0 Å². The minimum absolute atomic E-state index is 0. The van der Waals surface area contributed by atoms with Gasteiger partial charge in [-0.25, -0.2) is 8.42 Å². The zero-order valence-electron chi connectivity index (χ0n) is 19.0. The van der Waals surface area contributed by atoms with E-state index in [2.05, 4.69) is 6.92 Å². The van der Waals surface area contributed by atoms with Gasteiger partial charge in [-0.05, 0) is 13.3 Å². The van der Waals surface area contributed by atoms with Gasteiger partial charge in [-0.1, -0.05) is 116 Å². The molecule has 0 aliphatic carbocycles. The zero-order valence-corrected chi connectivity index (χ0v) is 21.8. The normalized spacial score (nSPS) is 13.9. The van der Waals surface area contributed by atoms with Gasteiger partial charge in [0.25, 0.3) is 0 Å².